The fraction of sp³-hybridized carbons (Fsp3) is 0.300. The van der Waals surface area contributed by atoms with Gasteiger partial charge in [0.05, 0.1) is 0 Å². The SMILES string of the molecule is Cc1cccc(CC(CN)c2c(C)n(C)c3ccccc23)c1. The van der Waals surface area contributed by atoms with E-state index in [9.17, 15) is 0 Å². The minimum Gasteiger partial charge on any atom is -0.348 e. The summed E-state index contributed by atoms with van der Waals surface area (Å²) in [5, 5.41) is 1.34. The Bertz CT molecular complexity index is 799. The molecule has 3 rings (SSSR count). The summed E-state index contributed by atoms with van der Waals surface area (Å²) in [5.74, 6) is 0.355. The Balaban J connectivity index is 2.06. The Hall–Kier alpha value is -2.06. The number of hydrogen-bond donors (Lipinski definition) is 1. The van der Waals surface area contributed by atoms with E-state index in [0.29, 0.717) is 12.5 Å². The molecule has 22 heavy (non-hydrogen) atoms. The van der Waals surface area contributed by atoms with Crippen LogP contribution in [0.5, 0.6) is 0 Å². The van der Waals surface area contributed by atoms with Crippen LogP contribution >= 0.6 is 0 Å². The summed E-state index contributed by atoms with van der Waals surface area (Å²) in [4.78, 5) is 0. The van der Waals surface area contributed by atoms with Crippen LogP contribution in [-0.2, 0) is 13.5 Å². The van der Waals surface area contributed by atoms with Gasteiger partial charge in [-0.05, 0) is 44.0 Å². The van der Waals surface area contributed by atoms with Crippen molar-refractivity contribution >= 4 is 10.9 Å². The predicted octanol–water partition coefficient (Wildman–Crippen LogP) is 4.08. The molecular weight excluding hydrogens is 268 g/mol. The van der Waals surface area contributed by atoms with Crippen molar-refractivity contribution in [1.29, 1.82) is 0 Å². The summed E-state index contributed by atoms with van der Waals surface area (Å²) in [6.07, 6.45) is 0.993. The molecule has 0 aliphatic rings. The van der Waals surface area contributed by atoms with Crippen LogP contribution in [0.2, 0.25) is 0 Å². The average Bonchev–Trinajstić information content (AvgIpc) is 2.77. The molecule has 0 bridgehead atoms. The number of fused-ring (bicyclic) bond motifs is 1. The second-order valence-corrected chi connectivity index (χ2v) is 6.20. The second kappa shape index (κ2) is 5.98. The normalized spacial score (nSPS) is 12.7. The Morgan fingerprint density at radius 3 is 2.55 bits per heavy atom. The van der Waals surface area contributed by atoms with E-state index in [4.69, 9.17) is 5.73 Å². The number of aromatic nitrogens is 1. The molecule has 1 heterocycles. The fourth-order valence-corrected chi connectivity index (χ4v) is 3.49. The largest absolute Gasteiger partial charge is 0.348 e. The Morgan fingerprint density at radius 2 is 1.82 bits per heavy atom. The van der Waals surface area contributed by atoms with Crippen molar-refractivity contribution in [3.8, 4) is 0 Å². The van der Waals surface area contributed by atoms with Gasteiger partial charge in [-0.1, -0.05) is 48.0 Å². The van der Waals surface area contributed by atoms with Crippen molar-refractivity contribution in [1.82, 2.24) is 4.57 Å². The van der Waals surface area contributed by atoms with E-state index < -0.39 is 0 Å². The topological polar surface area (TPSA) is 30.9 Å². The Labute approximate surface area is 132 Å². The number of benzene rings is 2. The molecular formula is C20H24N2. The molecule has 0 aliphatic heterocycles. The summed E-state index contributed by atoms with van der Waals surface area (Å²) < 4.78 is 2.28. The fourth-order valence-electron chi connectivity index (χ4n) is 3.49. The highest BCUT2D eigenvalue weighted by molar-refractivity contribution is 5.86. The molecule has 0 radical (unpaired) electrons. The maximum absolute atomic E-state index is 6.15. The van der Waals surface area contributed by atoms with Crippen LogP contribution in [0.4, 0.5) is 0 Å². The quantitative estimate of drug-likeness (QED) is 0.772. The molecule has 2 heteroatoms. The third-order valence-corrected chi connectivity index (χ3v) is 4.71. The van der Waals surface area contributed by atoms with Crippen molar-refractivity contribution in [2.75, 3.05) is 6.54 Å². The highest BCUT2D eigenvalue weighted by atomic mass is 14.9. The highest BCUT2D eigenvalue weighted by Gasteiger charge is 2.20. The molecule has 1 aromatic heterocycles. The number of aryl methyl sites for hydroxylation is 2. The minimum atomic E-state index is 0.355. The number of rotatable bonds is 4. The maximum Gasteiger partial charge on any atom is 0.0482 e. The zero-order valence-corrected chi connectivity index (χ0v) is 13.6. The van der Waals surface area contributed by atoms with Crippen LogP contribution in [0, 0.1) is 13.8 Å². The first-order valence-electron chi connectivity index (χ1n) is 7.91. The Morgan fingerprint density at radius 1 is 1.05 bits per heavy atom. The van der Waals surface area contributed by atoms with Gasteiger partial charge in [0.25, 0.3) is 0 Å². The van der Waals surface area contributed by atoms with E-state index in [-0.39, 0.29) is 0 Å². The van der Waals surface area contributed by atoms with Crippen LogP contribution in [0.15, 0.2) is 48.5 Å². The minimum absolute atomic E-state index is 0.355. The number of nitrogens with zero attached hydrogens (tertiary/aromatic N) is 1. The third-order valence-electron chi connectivity index (χ3n) is 4.71. The van der Waals surface area contributed by atoms with Crippen LogP contribution in [0.3, 0.4) is 0 Å². The molecule has 3 aromatic rings. The lowest BCUT2D eigenvalue weighted by Gasteiger charge is -2.16. The van der Waals surface area contributed by atoms with Gasteiger partial charge in [-0.2, -0.15) is 0 Å². The van der Waals surface area contributed by atoms with Crippen molar-refractivity contribution < 1.29 is 0 Å². The predicted molar refractivity (Wildman–Crippen MR) is 94.3 cm³/mol. The van der Waals surface area contributed by atoms with Gasteiger partial charge in [-0.3, -0.25) is 0 Å². The summed E-state index contributed by atoms with van der Waals surface area (Å²) >= 11 is 0. The standard InChI is InChI=1S/C20H24N2/c1-14-7-6-8-16(11-14)12-17(13-21)20-15(2)22(3)19-10-5-4-9-18(19)20/h4-11,17H,12-13,21H2,1-3H3. The monoisotopic (exact) mass is 292 g/mol. The Kier molecular flexibility index (Phi) is 4.04. The van der Waals surface area contributed by atoms with Crippen molar-refractivity contribution in [2.24, 2.45) is 12.8 Å². The molecule has 0 amide bonds. The molecule has 2 nitrogen and oxygen atoms in total. The first-order chi connectivity index (χ1) is 10.6. The lowest BCUT2D eigenvalue weighted by Crippen LogP contribution is -2.16. The van der Waals surface area contributed by atoms with Crippen molar-refractivity contribution in [3.05, 3.63) is 70.9 Å². The highest BCUT2D eigenvalue weighted by Crippen LogP contribution is 2.32. The van der Waals surface area contributed by atoms with Gasteiger partial charge in [0.15, 0.2) is 0 Å². The van der Waals surface area contributed by atoms with Crippen molar-refractivity contribution in [2.45, 2.75) is 26.2 Å². The lowest BCUT2D eigenvalue weighted by atomic mass is 9.89. The van der Waals surface area contributed by atoms with E-state index in [1.54, 1.807) is 0 Å². The summed E-state index contributed by atoms with van der Waals surface area (Å²) in [7, 11) is 2.14. The smallest absolute Gasteiger partial charge is 0.0482 e. The molecule has 0 saturated carbocycles. The van der Waals surface area contributed by atoms with Crippen molar-refractivity contribution in [3.63, 3.8) is 0 Å². The first-order valence-corrected chi connectivity index (χ1v) is 7.91. The van der Waals surface area contributed by atoms with E-state index in [0.717, 1.165) is 6.42 Å². The molecule has 2 aromatic carbocycles. The average molecular weight is 292 g/mol. The summed E-state index contributed by atoms with van der Waals surface area (Å²) in [6.45, 7) is 5.02. The van der Waals surface area contributed by atoms with Gasteiger partial charge >= 0.3 is 0 Å². The molecule has 2 N–H and O–H groups in total. The number of para-hydroxylation sites is 1. The molecule has 0 spiro atoms. The molecule has 1 unspecified atom stereocenters. The zero-order valence-electron chi connectivity index (χ0n) is 13.6. The number of hydrogen-bond acceptors (Lipinski definition) is 1. The van der Waals surface area contributed by atoms with Crippen LogP contribution < -0.4 is 5.73 Å². The molecule has 1 atom stereocenters. The van der Waals surface area contributed by atoms with Crippen LogP contribution in [-0.4, -0.2) is 11.1 Å². The van der Waals surface area contributed by atoms with Gasteiger partial charge in [-0.15, -0.1) is 0 Å². The second-order valence-electron chi connectivity index (χ2n) is 6.20. The van der Waals surface area contributed by atoms with Gasteiger partial charge in [0.2, 0.25) is 0 Å². The summed E-state index contributed by atoms with van der Waals surface area (Å²) in [5.41, 5.74) is 12.8. The van der Waals surface area contributed by atoms with Gasteiger partial charge in [0, 0.05) is 29.6 Å². The molecule has 0 saturated heterocycles. The van der Waals surface area contributed by atoms with Crippen LogP contribution in [0.25, 0.3) is 10.9 Å². The summed E-state index contributed by atoms with van der Waals surface area (Å²) in [6, 6.07) is 17.4. The molecule has 114 valence electrons. The van der Waals surface area contributed by atoms with Gasteiger partial charge < -0.3 is 10.3 Å². The molecule has 0 aliphatic carbocycles. The van der Waals surface area contributed by atoms with Crippen LogP contribution in [0.1, 0.15) is 28.3 Å². The van der Waals surface area contributed by atoms with E-state index in [2.05, 4.69) is 74.0 Å². The van der Waals surface area contributed by atoms with E-state index >= 15 is 0 Å². The first kappa shape index (κ1) is 14.9. The maximum atomic E-state index is 6.15. The van der Waals surface area contributed by atoms with Gasteiger partial charge in [0.1, 0.15) is 0 Å². The third kappa shape index (κ3) is 2.55. The molecule has 0 fully saturated rings. The van der Waals surface area contributed by atoms with Gasteiger partial charge in [-0.25, -0.2) is 0 Å². The zero-order chi connectivity index (χ0) is 15.7. The van der Waals surface area contributed by atoms with E-state index in [1.807, 2.05) is 0 Å². The van der Waals surface area contributed by atoms with E-state index in [1.165, 1.54) is 33.3 Å². The lowest BCUT2D eigenvalue weighted by molar-refractivity contribution is 0.688. The number of nitrogens with two attached hydrogens (primary N) is 1.